The number of thioether (sulfide) groups is 1. The van der Waals surface area contributed by atoms with Crippen molar-refractivity contribution in [3.63, 3.8) is 0 Å². The Kier molecular flexibility index (Phi) is 5.09. The minimum Gasteiger partial charge on any atom is -0.212 e. The molecule has 0 aromatic heterocycles. The third kappa shape index (κ3) is 4.16. The lowest BCUT2D eigenvalue weighted by Gasteiger charge is -2.32. The van der Waals surface area contributed by atoms with Crippen LogP contribution in [0.25, 0.3) is 0 Å². The third-order valence-corrected chi connectivity index (χ3v) is 7.08. The quantitative estimate of drug-likeness (QED) is 0.848. The minimum atomic E-state index is -3.27. The highest BCUT2D eigenvalue weighted by atomic mass is 32.2. The lowest BCUT2D eigenvalue weighted by atomic mass is 10.1. The van der Waals surface area contributed by atoms with Crippen LogP contribution in [0.3, 0.4) is 0 Å². The van der Waals surface area contributed by atoms with Crippen molar-refractivity contribution in [1.82, 2.24) is 4.31 Å². The molecule has 0 bridgehead atoms. The van der Waals surface area contributed by atoms with E-state index in [0.717, 1.165) is 16.9 Å². The molecule has 23 heavy (non-hydrogen) atoms. The first-order chi connectivity index (χ1) is 11.0. The van der Waals surface area contributed by atoms with E-state index in [1.54, 1.807) is 4.31 Å². The Morgan fingerprint density at radius 2 is 1.91 bits per heavy atom. The van der Waals surface area contributed by atoms with Gasteiger partial charge in [0.05, 0.1) is 5.75 Å². The summed E-state index contributed by atoms with van der Waals surface area (Å²) in [6, 6.07) is 17.9. The summed E-state index contributed by atoms with van der Waals surface area (Å²) in [5.74, 6) is 0.924. The topological polar surface area (TPSA) is 37.4 Å². The molecule has 122 valence electrons. The lowest BCUT2D eigenvalue weighted by molar-refractivity contribution is 0.420. The molecule has 1 heterocycles. The van der Waals surface area contributed by atoms with Crippen LogP contribution in [-0.2, 0) is 15.8 Å². The molecular formula is C18H21NO2S2. The third-order valence-electron chi connectivity index (χ3n) is 4.03. The molecule has 0 saturated carbocycles. The van der Waals surface area contributed by atoms with Gasteiger partial charge in [0.15, 0.2) is 0 Å². The van der Waals surface area contributed by atoms with Gasteiger partial charge in [-0.1, -0.05) is 60.2 Å². The van der Waals surface area contributed by atoms with Crippen molar-refractivity contribution in [2.75, 3.05) is 18.8 Å². The second-order valence-corrected chi connectivity index (χ2v) is 9.15. The van der Waals surface area contributed by atoms with E-state index in [-0.39, 0.29) is 11.0 Å². The van der Waals surface area contributed by atoms with Gasteiger partial charge in [-0.15, -0.1) is 0 Å². The van der Waals surface area contributed by atoms with Crippen molar-refractivity contribution >= 4 is 21.8 Å². The Balaban J connectivity index is 1.74. The monoisotopic (exact) mass is 347 g/mol. The maximum atomic E-state index is 12.8. The summed E-state index contributed by atoms with van der Waals surface area (Å²) in [6.45, 7) is 3.14. The van der Waals surface area contributed by atoms with Crippen molar-refractivity contribution < 1.29 is 8.42 Å². The van der Waals surface area contributed by atoms with Gasteiger partial charge in [-0.05, 0) is 18.1 Å². The Morgan fingerprint density at radius 3 is 2.65 bits per heavy atom. The molecule has 0 aliphatic carbocycles. The summed E-state index contributed by atoms with van der Waals surface area (Å²) in [7, 11) is -3.27. The van der Waals surface area contributed by atoms with Crippen LogP contribution < -0.4 is 0 Å². The van der Waals surface area contributed by atoms with Gasteiger partial charge in [-0.25, -0.2) is 8.42 Å². The summed E-state index contributed by atoms with van der Waals surface area (Å²) in [5, 5.41) is 0.220. The van der Waals surface area contributed by atoms with Gasteiger partial charge in [0, 0.05) is 24.1 Å². The van der Waals surface area contributed by atoms with Crippen LogP contribution in [0, 0.1) is 6.92 Å². The second kappa shape index (κ2) is 7.07. The number of benzene rings is 2. The minimum absolute atomic E-state index is 0.0842. The van der Waals surface area contributed by atoms with Crippen LogP contribution in [0.1, 0.15) is 21.9 Å². The van der Waals surface area contributed by atoms with Gasteiger partial charge < -0.3 is 0 Å². The molecule has 3 rings (SSSR count). The van der Waals surface area contributed by atoms with Crippen LogP contribution >= 0.6 is 11.8 Å². The van der Waals surface area contributed by atoms with Crippen LogP contribution in [0.2, 0.25) is 0 Å². The van der Waals surface area contributed by atoms with Crippen LogP contribution in [0.15, 0.2) is 54.6 Å². The number of rotatable bonds is 4. The summed E-state index contributed by atoms with van der Waals surface area (Å²) in [5.41, 5.74) is 3.15. The molecule has 0 N–H and O–H groups in total. The number of hydrogen-bond donors (Lipinski definition) is 0. The number of sulfonamides is 1. The first-order valence-corrected chi connectivity index (χ1v) is 10.4. The SMILES string of the molecule is Cc1cccc(CS(=O)(=O)N2CCSC(c3ccccc3)C2)c1. The summed E-state index contributed by atoms with van der Waals surface area (Å²) in [6.07, 6.45) is 0. The van der Waals surface area contributed by atoms with Crippen molar-refractivity contribution in [3.8, 4) is 0 Å². The van der Waals surface area contributed by atoms with E-state index < -0.39 is 10.0 Å². The van der Waals surface area contributed by atoms with E-state index >= 15 is 0 Å². The maximum Gasteiger partial charge on any atom is 0.218 e. The predicted molar refractivity (Wildman–Crippen MR) is 97.0 cm³/mol. The van der Waals surface area contributed by atoms with Crippen LogP contribution in [-0.4, -0.2) is 31.6 Å². The van der Waals surface area contributed by atoms with E-state index in [4.69, 9.17) is 0 Å². The van der Waals surface area contributed by atoms with Crippen LogP contribution in [0.4, 0.5) is 0 Å². The fourth-order valence-corrected chi connectivity index (χ4v) is 5.84. The second-order valence-electron chi connectivity index (χ2n) is 5.87. The summed E-state index contributed by atoms with van der Waals surface area (Å²) >= 11 is 1.84. The van der Waals surface area contributed by atoms with Gasteiger partial charge in [-0.3, -0.25) is 0 Å². The molecule has 5 heteroatoms. The zero-order chi connectivity index (χ0) is 16.3. The molecular weight excluding hydrogens is 326 g/mol. The van der Waals surface area contributed by atoms with Gasteiger partial charge in [0.2, 0.25) is 10.0 Å². The molecule has 1 atom stereocenters. The highest BCUT2D eigenvalue weighted by Crippen LogP contribution is 2.34. The molecule has 0 radical (unpaired) electrons. The smallest absolute Gasteiger partial charge is 0.212 e. The van der Waals surface area contributed by atoms with Crippen molar-refractivity contribution in [2.45, 2.75) is 17.9 Å². The molecule has 1 saturated heterocycles. The first kappa shape index (κ1) is 16.6. The Morgan fingerprint density at radius 1 is 1.13 bits per heavy atom. The average Bonchev–Trinajstić information content (AvgIpc) is 2.55. The Labute approximate surface area is 142 Å². The lowest BCUT2D eigenvalue weighted by Crippen LogP contribution is -2.39. The Hall–Kier alpha value is -1.30. The molecule has 3 nitrogen and oxygen atoms in total. The molecule has 0 spiro atoms. The molecule has 2 aromatic rings. The molecule has 1 aliphatic heterocycles. The standard InChI is InChI=1S/C18H21NO2S2/c1-15-6-5-7-16(12-15)14-23(20,21)19-10-11-22-18(13-19)17-8-3-2-4-9-17/h2-9,12,18H,10-11,13-14H2,1H3. The zero-order valence-corrected chi connectivity index (χ0v) is 14.8. The molecule has 0 amide bonds. The number of aryl methyl sites for hydroxylation is 1. The zero-order valence-electron chi connectivity index (χ0n) is 13.2. The van der Waals surface area contributed by atoms with E-state index in [1.165, 1.54) is 5.56 Å². The van der Waals surface area contributed by atoms with Gasteiger partial charge >= 0.3 is 0 Å². The van der Waals surface area contributed by atoms with Gasteiger partial charge in [0.25, 0.3) is 0 Å². The maximum absolute atomic E-state index is 12.8. The van der Waals surface area contributed by atoms with Gasteiger partial charge in [0.1, 0.15) is 0 Å². The van der Waals surface area contributed by atoms with Crippen molar-refractivity contribution in [1.29, 1.82) is 0 Å². The van der Waals surface area contributed by atoms with Crippen molar-refractivity contribution in [3.05, 3.63) is 71.3 Å². The fourth-order valence-electron chi connectivity index (χ4n) is 2.85. The summed E-state index contributed by atoms with van der Waals surface area (Å²) in [4.78, 5) is 0. The largest absolute Gasteiger partial charge is 0.218 e. The molecule has 2 aromatic carbocycles. The Bertz CT molecular complexity index is 760. The van der Waals surface area contributed by atoms with E-state index in [1.807, 2.05) is 61.2 Å². The number of hydrogen-bond acceptors (Lipinski definition) is 3. The normalized spacial score (nSPS) is 19.6. The predicted octanol–water partition coefficient (Wildman–Crippen LogP) is 3.61. The fraction of sp³-hybridized carbons (Fsp3) is 0.333. The van der Waals surface area contributed by atoms with Crippen molar-refractivity contribution in [2.24, 2.45) is 0 Å². The average molecular weight is 348 g/mol. The van der Waals surface area contributed by atoms with Crippen LogP contribution in [0.5, 0.6) is 0 Å². The molecule has 1 aliphatic rings. The summed E-state index contributed by atoms with van der Waals surface area (Å²) < 4.78 is 27.2. The molecule has 1 unspecified atom stereocenters. The number of nitrogens with zero attached hydrogens (tertiary/aromatic N) is 1. The highest BCUT2D eigenvalue weighted by molar-refractivity contribution is 7.99. The van der Waals surface area contributed by atoms with Gasteiger partial charge in [-0.2, -0.15) is 16.1 Å². The first-order valence-electron chi connectivity index (χ1n) is 7.74. The van der Waals surface area contributed by atoms with E-state index in [9.17, 15) is 8.42 Å². The van der Waals surface area contributed by atoms with E-state index in [2.05, 4.69) is 12.1 Å². The molecule has 1 fully saturated rings. The highest BCUT2D eigenvalue weighted by Gasteiger charge is 2.30. The van der Waals surface area contributed by atoms with E-state index in [0.29, 0.717) is 13.1 Å².